The number of ketones is 1. The summed E-state index contributed by atoms with van der Waals surface area (Å²) in [7, 11) is 0. The highest BCUT2D eigenvalue weighted by Crippen LogP contribution is 2.22. The van der Waals surface area contributed by atoms with E-state index in [9.17, 15) is 9.18 Å². The van der Waals surface area contributed by atoms with Crippen LogP contribution in [0.1, 0.15) is 28.5 Å². The lowest BCUT2D eigenvalue weighted by molar-refractivity contribution is 0.102. The average molecular weight is 311 g/mol. The largest absolute Gasteiger partial charge is 0.287 e. The maximum absolute atomic E-state index is 13.2. The van der Waals surface area contributed by atoms with Gasteiger partial charge in [0, 0.05) is 12.1 Å². The molecule has 0 unspecified atom stereocenters. The van der Waals surface area contributed by atoms with Gasteiger partial charge in [-0.05, 0) is 47.5 Å². The minimum atomic E-state index is -0.414. The van der Waals surface area contributed by atoms with Gasteiger partial charge in [-0.15, -0.1) is 0 Å². The monoisotopic (exact) mass is 310 g/mol. The summed E-state index contributed by atoms with van der Waals surface area (Å²) in [5, 5.41) is 4.09. The predicted molar refractivity (Wildman–Crippen MR) is 70.2 cm³/mol. The summed E-state index contributed by atoms with van der Waals surface area (Å²) in [6.07, 6.45) is 1.57. The first-order valence-electron chi connectivity index (χ1n) is 5.56. The topological polar surface area (TPSA) is 34.9 Å². The highest BCUT2D eigenvalue weighted by molar-refractivity contribution is 9.10. The van der Waals surface area contributed by atoms with Gasteiger partial charge in [0.25, 0.3) is 0 Å². The van der Waals surface area contributed by atoms with E-state index in [0.29, 0.717) is 22.3 Å². The zero-order chi connectivity index (χ0) is 13.3. The van der Waals surface area contributed by atoms with Crippen molar-refractivity contribution < 1.29 is 9.18 Å². The summed E-state index contributed by atoms with van der Waals surface area (Å²) in [5.74, 6) is -0.638. The molecule has 1 aromatic carbocycles. The number of rotatable bonds is 3. The molecular weight excluding hydrogens is 299 g/mol. The molecule has 0 radical (unpaired) electrons. The number of carbonyl (C=O) groups is 1. The second kappa shape index (κ2) is 5.02. The number of aromatic nitrogens is 2. The van der Waals surface area contributed by atoms with E-state index in [0.717, 1.165) is 5.56 Å². The lowest BCUT2D eigenvalue weighted by Crippen LogP contribution is -2.12. The second-order valence-corrected chi connectivity index (χ2v) is 4.80. The van der Waals surface area contributed by atoms with Crippen molar-refractivity contribution in [2.75, 3.05) is 0 Å². The fraction of sp³-hybridized carbons (Fsp3) is 0.231. The van der Waals surface area contributed by atoms with E-state index >= 15 is 0 Å². The van der Waals surface area contributed by atoms with E-state index < -0.39 is 5.82 Å². The van der Waals surface area contributed by atoms with Crippen molar-refractivity contribution in [2.45, 2.75) is 20.4 Å². The van der Waals surface area contributed by atoms with Crippen LogP contribution in [0.25, 0.3) is 0 Å². The summed E-state index contributed by atoms with van der Waals surface area (Å²) in [6, 6.07) is 4.21. The van der Waals surface area contributed by atoms with Crippen LogP contribution in [-0.4, -0.2) is 15.6 Å². The van der Waals surface area contributed by atoms with E-state index in [-0.39, 0.29) is 5.78 Å². The molecule has 5 heteroatoms. The van der Waals surface area contributed by atoms with Gasteiger partial charge in [0.1, 0.15) is 11.5 Å². The quantitative estimate of drug-likeness (QED) is 0.815. The van der Waals surface area contributed by atoms with Gasteiger partial charge in [0.2, 0.25) is 5.78 Å². The molecular formula is C13H12BrFN2O. The summed E-state index contributed by atoms with van der Waals surface area (Å²) in [6.45, 7) is 4.27. The molecule has 18 heavy (non-hydrogen) atoms. The molecule has 0 aliphatic carbocycles. The number of nitrogens with zero attached hydrogens (tertiary/aromatic N) is 2. The molecule has 1 heterocycles. The molecule has 0 N–H and O–H groups in total. The average Bonchev–Trinajstić information content (AvgIpc) is 2.72. The van der Waals surface area contributed by atoms with Gasteiger partial charge in [-0.3, -0.25) is 9.48 Å². The highest BCUT2D eigenvalue weighted by atomic mass is 79.9. The standard InChI is InChI=1S/C13H12BrFN2O/c1-3-17-12(11(14)7-16-17)13(18)10-6-9(15)5-4-8(10)2/h4-7H,3H2,1-2H3. The second-order valence-electron chi connectivity index (χ2n) is 3.95. The summed E-state index contributed by atoms with van der Waals surface area (Å²) in [4.78, 5) is 12.4. The van der Waals surface area contributed by atoms with Crippen molar-refractivity contribution in [3.05, 3.63) is 51.5 Å². The van der Waals surface area contributed by atoms with Crippen LogP contribution in [0.5, 0.6) is 0 Å². The Hall–Kier alpha value is -1.49. The summed E-state index contributed by atoms with van der Waals surface area (Å²) >= 11 is 3.30. The van der Waals surface area contributed by atoms with Gasteiger partial charge in [-0.2, -0.15) is 5.10 Å². The van der Waals surface area contributed by atoms with E-state index in [4.69, 9.17) is 0 Å². The van der Waals surface area contributed by atoms with Crippen LogP contribution >= 0.6 is 15.9 Å². The summed E-state index contributed by atoms with van der Waals surface area (Å²) in [5.41, 5.74) is 1.56. The molecule has 2 aromatic rings. The fourth-order valence-electron chi connectivity index (χ4n) is 1.79. The molecule has 0 aliphatic heterocycles. The maximum atomic E-state index is 13.2. The molecule has 1 aromatic heterocycles. The third-order valence-electron chi connectivity index (χ3n) is 2.75. The van der Waals surface area contributed by atoms with E-state index in [2.05, 4.69) is 21.0 Å². The highest BCUT2D eigenvalue weighted by Gasteiger charge is 2.20. The predicted octanol–water partition coefficient (Wildman–Crippen LogP) is 3.34. The Morgan fingerprint density at radius 3 is 2.89 bits per heavy atom. The van der Waals surface area contributed by atoms with E-state index in [1.807, 2.05) is 6.92 Å². The molecule has 3 nitrogen and oxygen atoms in total. The molecule has 2 rings (SSSR count). The molecule has 0 atom stereocenters. The lowest BCUT2D eigenvalue weighted by atomic mass is 10.0. The normalized spacial score (nSPS) is 10.7. The number of hydrogen-bond donors (Lipinski definition) is 0. The zero-order valence-electron chi connectivity index (χ0n) is 10.1. The number of benzene rings is 1. The van der Waals surface area contributed by atoms with E-state index in [1.165, 1.54) is 12.1 Å². The Morgan fingerprint density at radius 2 is 2.22 bits per heavy atom. The maximum Gasteiger partial charge on any atom is 0.212 e. The van der Waals surface area contributed by atoms with Crippen molar-refractivity contribution in [2.24, 2.45) is 0 Å². The van der Waals surface area contributed by atoms with Crippen LogP contribution in [-0.2, 0) is 6.54 Å². The van der Waals surface area contributed by atoms with Crippen LogP contribution in [0.15, 0.2) is 28.9 Å². The van der Waals surface area contributed by atoms with Crippen molar-refractivity contribution in [3.63, 3.8) is 0 Å². The number of hydrogen-bond acceptors (Lipinski definition) is 2. The molecule has 0 aliphatic rings. The fourth-order valence-corrected chi connectivity index (χ4v) is 2.27. The van der Waals surface area contributed by atoms with Gasteiger partial charge in [0.15, 0.2) is 0 Å². The van der Waals surface area contributed by atoms with Crippen LogP contribution in [0.3, 0.4) is 0 Å². The summed E-state index contributed by atoms with van der Waals surface area (Å²) < 4.78 is 15.5. The molecule has 0 saturated carbocycles. The molecule has 0 amide bonds. The molecule has 94 valence electrons. The van der Waals surface area contributed by atoms with Crippen molar-refractivity contribution in [3.8, 4) is 0 Å². The SMILES string of the molecule is CCn1ncc(Br)c1C(=O)c1cc(F)ccc1C. The van der Waals surface area contributed by atoms with Crippen molar-refractivity contribution in [1.29, 1.82) is 0 Å². The van der Waals surface area contributed by atoms with Crippen LogP contribution < -0.4 is 0 Å². The molecule has 0 saturated heterocycles. The Morgan fingerprint density at radius 1 is 1.50 bits per heavy atom. The first-order valence-corrected chi connectivity index (χ1v) is 6.36. The Bertz CT molecular complexity index is 607. The third-order valence-corrected chi connectivity index (χ3v) is 3.33. The Balaban J connectivity index is 2.54. The third kappa shape index (κ3) is 2.22. The van der Waals surface area contributed by atoms with Gasteiger partial charge in [-0.1, -0.05) is 6.07 Å². The first-order chi connectivity index (χ1) is 8.54. The minimum Gasteiger partial charge on any atom is -0.287 e. The lowest BCUT2D eigenvalue weighted by Gasteiger charge is -2.07. The van der Waals surface area contributed by atoms with Crippen molar-refractivity contribution in [1.82, 2.24) is 9.78 Å². The van der Waals surface area contributed by atoms with Gasteiger partial charge < -0.3 is 0 Å². The zero-order valence-corrected chi connectivity index (χ0v) is 11.7. The van der Waals surface area contributed by atoms with Crippen LogP contribution in [0, 0.1) is 12.7 Å². The molecule has 0 spiro atoms. The minimum absolute atomic E-state index is 0.224. The van der Waals surface area contributed by atoms with E-state index in [1.54, 1.807) is 23.9 Å². The Labute approximate surface area is 113 Å². The van der Waals surface area contributed by atoms with Gasteiger partial charge in [-0.25, -0.2) is 4.39 Å². The number of halogens is 2. The number of carbonyl (C=O) groups excluding carboxylic acids is 1. The number of aryl methyl sites for hydroxylation is 2. The van der Waals surface area contributed by atoms with Crippen LogP contribution in [0.2, 0.25) is 0 Å². The Kier molecular flexibility index (Phi) is 3.61. The first kappa shape index (κ1) is 13.0. The van der Waals surface area contributed by atoms with Crippen molar-refractivity contribution >= 4 is 21.7 Å². The van der Waals surface area contributed by atoms with Crippen LogP contribution in [0.4, 0.5) is 4.39 Å². The van der Waals surface area contributed by atoms with Gasteiger partial charge in [0.05, 0.1) is 10.7 Å². The molecule has 0 bridgehead atoms. The van der Waals surface area contributed by atoms with Gasteiger partial charge >= 0.3 is 0 Å². The molecule has 0 fully saturated rings. The smallest absolute Gasteiger partial charge is 0.212 e.